The van der Waals surface area contributed by atoms with Crippen LogP contribution >= 0.6 is 11.8 Å². The van der Waals surface area contributed by atoms with E-state index in [0.29, 0.717) is 18.1 Å². The highest BCUT2D eigenvalue weighted by Gasteiger charge is 2.35. The molecule has 0 radical (unpaired) electrons. The minimum atomic E-state index is -4.56. The third-order valence-electron chi connectivity index (χ3n) is 5.42. The number of benzene rings is 2. The molecule has 6 nitrogen and oxygen atoms in total. The van der Waals surface area contributed by atoms with Crippen molar-refractivity contribution in [3.8, 4) is 5.69 Å². The lowest BCUT2D eigenvalue weighted by atomic mass is 10.1. The molecule has 0 atom stereocenters. The van der Waals surface area contributed by atoms with Crippen molar-refractivity contribution in [1.82, 2.24) is 19.7 Å². The number of halogens is 4. The average Bonchev–Trinajstić information content (AvgIpc) is 3.21. The summed E-state index contributed by atoms with van der Waals surface area (Å²) in [4.78, 5) is 14.5. The van der Waals surface area contributed by atoms with E-state index >= 15 is 0 Å². The number of nitrogens with one attached hydrogen (secondary N) is 1. The van der Waals surface area contributed by atoms with Crippen molar-refractivity contribution in [2.24, 2.45) is 0 Å². The van der Waals surface area contributed by atoms with Crippen LogP contribution < -0.4 is 5.32 Å². The zero-order valence-electron chi connectivity index (χ0n) is 18.2. The maximum atomic E-state index is 13.8. The standard InChI is InChI=1S/C23H23F4N5OS/c24-16-8-10-17(11-9-16)28-21(33)15-34-22-30-29-20(14-31-12-4-1-5-13-31)32(22)19-7-3-2-6-18(19)23(25,26)27/h2-3,6-11H,1,4-5,12-15H2,(H,28,33). The summed E-state index contributed by atoms with van der Waals surface area (Å²) in [6.07, 6.45) is -1.38. The first kappa shape index (κ1) is 24.2. The van der Waals surface area contributed by atoms with Crippen molar-refractivity contribution in [1.29, 1.82) is 0 Å². The molecule has 1 amide bonds. The van der Waals surface area contributed by atoms with E-state index in [1.165, 1.54) is 47.0 Å². The highest BCUT2D eigenvalue weighted by atomic mass is 32.2. The number of thioether (sulfide) groups is 1. The van der Waals surface area contributed by atoms with Crippen LogP contribution in [0.2, 0.25) is 0 Å². The Morgan fingerprint density at radius 1 is 1.00 bits per heavy atom. The summed E-state index contributed by atoms with van der Waals surface area (Å²) < 4.78 is 55.8. The smallest absolute Gasteiger partial charge is 0.325 e. The number of para-hydroxylation sites is 1. The van der Waals surface area contributed by atoms with Crippen LogP contribution in [0.3, 0.4) is 0 Å². The molecule has 2 heterocycles. The van der Waals surface area contributed by atoms with Crippen molar-refractivity contribution in [2.45, 2.75) is 37.1 Å². The molecule has 11 heteroatoms. The molecular formula is C23H23F4N5OS. The van der Waals surface area contributed by atoms with E-state index in [4.69, 9.17) is 0 Å². The van der Waals surface area contributed by atoms with Crippen LogP contribution in [0, 0.1) is 5.82 Å². The van der Waals surface area contributed by atoms with Gasteiger partial charge in [0.15, 0.2) is 11.0 Å². The van der Waals surface area contributed by atoms with Gasteiger partial charge in [-0.2, -0.15) is 13.2 Å². The van der Waals surface area contributed by atoms with Gasteiger partial charge in [-0.25, -0.2) is 4.39 Å². The topological polar surface area (TPSA) is 63.1 Å². The number of amides is 1. The second-order valence-electron chi connectivity index (χ2n) is 7.93. The van der Waals surface area contributed by atoms with E-state index in [1.54, 1.807) is 0 Å². The Kier molecular flexibility index (Phi) is 7.52. The van der Waals surface area contributed by atoms with Gasteiger partial charge in [-0.05, 0) is 62.3 Å². The molecule has 1 aliphatic heterocycles. The molecule has 180 valence electrons. The Hall–Kier alpha value is -2.92. The first-order valence-electron chi connectivity index (χ1n) is 10.8. The van der Waals surface area contributed by atoms with Gasteiger partial charge in [0.2, 0.25) is 5.91 Å². The lowest BCUT2D eigenvalue weighted by Gasteiger charge is -2.26. The highest BCUT2D eigenvalue weighted by Crippen LogP contribution is 2.36. The third-order valence-corrected chi connectivity index (χ3v) is 6.35. The van der Waals surface area contributed by atoms with Crippen molar-refractivity contribution in [3.05, 3.63) is 65.7 Å². The summed E-state index contributed by atoms with van der Waals surface area (Å²) in [5.41, 5.74) is -0.456. The summed E-state index contributed by atoms with van der Waals surface area (Å²) in [6.45, 7) is 2.05. The molecule has 1 aromatic heterocycles. The van der Waals surface area contributed by atoms with E-state index in [1.807, 2.05) is 0 Å². The summed E-state index contributed by atoms with van der Waals surface area (Å²) in [5.74, 6) is -0.536. The molecule has 0 bridgehead atoms. The third kappa shape index (κ3) is 5.95. The monoisotopic (exact) mass is 493 g/mol. The van der Waals surface area contributed by atoms with Crippen LogP contribution in [0.1, 0.15) is 30.7 Å². The highest BCUT2D eigenvalue weighted by molar-refractivity contribution is 7.99. The van der Waals surface area contributed by atoms with Gasteiger partial charge in [0.25, 0.3) is 0 Å². The summed E-state index contributed by atoms with van der Waals surface area (Å²) in [5, 5.41) is 11.1. The molecular weight excluding hydrogens is 470 g/mol. The number of carbonyl (C=O) groups is 1. The number of hydrogen-bond acceptors (Lipinski definition) is 5. The molecule has 34 heavy (non-hydrogen) atoms. The Labute approximate surface area is 198 Å². The Balaban J connectivity index is 1.59. The van der Waals surface area contributed by atoms with Crippen molar-refractivity contribution in [3.63, 3.8) is 0 Å². The molecule has 0 saturated carbocycles. The van der Waals surface area contributed by atoms with E-state index in [0.717, 1.165) is 50.2 Å². The lowest BCUT2D eigenvalue weighted by molar-refractivity contribution is -0.137. The van der Waals surface area contributed by atoms with Gasteiger partial charge in [0, 0.05) is 5.69 Å². The number of alkyl halides is 3. The van der Waals surface area contributed by atoms with Crippen LogP contribution in [-0.2, 0) is 17.5 Å². The van der Waals surface area contributed by atoms with Crippen LogP contribution in [0.5, 0.6) is 0 Å². The maximum absolute atomic E-state index is 13.8. The minimum absolute atomic E-state index is 0.0755. The fourth-order valence-corrected chi connectivity index (χ4v) is 4.59. The van der Waals surface area contributed by atoms with E-state index in [-0.39, 0.29) is 16.6 Å². The van der Waals surface area contributed by atoms with Crippen LogP contribution in [0.15, 0.2) is 53.7 Å². The van der Waals surface area contributed by atoms with Crippen molar-refractivity contribution < 1.29 is 22.4 Å². The first-order chi connectivity index (χ1) is 16.3. The number of carbonyl (C=O) groups excluding carboxylic acids is 1. The zero-order chi connectivity index (χ0) is 24.1. The molecule has 0 spiro atoms. The van der Waals surface area contributed by atoms with Gasteiger partial charge in [-0.1, -0.05) is 30.3 Å². The van der Waals surface area contributed by atoms with Crippen molar-refractivity contribution >= 4 is 23.4 Å². The minimum Gasteiger partial charge on any atom is -0.325 e. The predicted molar refractivity (Wildman–Crippen MR) is 121 cm³/mol. The van der Waals surface area contributed by atoms with Gasteiger partial charge >= 0.3 is 6.18 Å². The van der Waals surface area contributed by atoms with Gasteiger partial charge in [0.1, 0.15) is 5.82 Å². The van der Waals surface area contributed by atoms with E-state index < -0.39 is 23.5 Å². The quantitative estimate of drug-likeness (QED) is 0.365. The summed E-state index contributed by atoms with van der Waals surface area (Å²) >= 11 is 0.992. The molecule has 1 aliphatic rings. The normalized spacial score (nSPS) is 14.8. The molecule has 1 fully saturated rings. The second-order valence-corrected chi connectivity index (χ2v) is 8.87. The number of hydrogen-bond donors (Lipinski definition) is 1. The van der Waals surface area contributed by atoms with Crippen molar-refractivity contribution in [2.75, 3.05) is 24.2 Å². The molecule has 4 rings (SSSR count). The SMILES string of the molecule is O=C(CSc1nnc(CN2CCCCC2)n1-c1ccccc1C(F)(F)F)Nc1ccc(F)cc1. The lowest BCUT2D eigenvalue weighted by Crippen LogP contribution is -2.30. The Morgan fingerprint density at radius 2 is 1.71 bits per heavy atom. The van der Waals surface area contributed by atoms with Crippen LogP contribution in [0.25, 0.3) is 5.69 Å². The Bertz CT molecular complexity index is 1130. The van der Waals surface area contributed by atoms with Gasteiger partial charge < -0.3 is 5.32 Å². The Morgan fingerprint density at radius 3 is 2.41 bits per heavy atom. The average molecular weight is 494 g/mol. The van der Waals surface area contributed by atoms with E-state index in [9.17, 15) is 22.4 Å². The first-order valence-corrected chi connectivity index (χ1v) is 11.8. The van der Waals surface area contributed by atoms with Gasteiger partial charge in [-0.3, -0.25) is 14.3 Å². The zero-order valence-corrected chi connectivity index (χ0v) is 19.0. The number of anilines is 1. The molecule has 0 aliphatic carbocycles. The molecule has 0 unspecified atom stereocenters. The largest absolute Gasteiger partial charge is 0.418 e. The number of piperidine rings is 1. The van der Waals surface area contributed by atoms with Gasteiger partial charge in [0.05, 0.1) is 23.5 Å². The van der Waals surface area contributed by atoms with Gasteiger partial charge in [-0.15, -0.1) is 10.2 Å². The fourth-order valence-electron chi connectivity index (χ4n) is 3.82. The summed E-state index contributed by atoms with van der Waals surface area (Å²) in [7, 11) is 0. The fraction of sp³-hybridized carbons (Fsp3) is 0.348. The molecule has 1 saturated heterocycles. The van der Waals surface area contributed by atoms with E-state index in [2.05, 4.69) is 20.4 Å². The molecule has 1 N–H and O–H groups in total. The predicted octanol–water partition coefficient (Wildman–Crippen LogP) is 5.14. The number of rotatable bonds is 7. The van der Waals surface area contributed by atoms with Crippen LogP contribution in [-0.4, -0.2) is 44.4 Å². The maximum Gasteiger partial charge on any atom is 0.418 e. The number of likely N-dealkylation sites (tertiary alicyclic amines) is 1. The number of aromatic nitrogens is 3. The second kappa shape index (κ2) is 10.6. The van der Waals surface area contributed by atoms with Crippen LogP contribution in [0.4, 0.5) is 23.2 Å². The molecule has 3 aromatic rings. The summed E-state index contributed by atoms with van der Waals surface area (Å²) in [6, 6.07) is 10.6. The molecule has 2 aromatic carbocycles. The number of nitrogens with zero attached hydrogens (tertiary/aromatic N) is 4.